The monoisotopic (exact) mass is 827 g/mol. The van der Waals surface area contributed by atoms with E-state index in [4.69, 9.17) is 18.6 Å². The summed E-state index contributed by atoms with van der Waals surface area (Å²) in [4.78, 5) is 0. The molecular formula is C55H74N2O4. The summed E-state index contributed by atoms with van der Waals surface area (Å²) in [5.74, 6) is 5.61. The Morgan fingerprint density at radius 3 is 2.31 bits per heavy atom. The molecule has 0 fully saturated rings. The molecule has 0 saturated carbocycles. The SMILES string of the molecule is CC=CCCC1(C)CCC=CC(C=C(CC)OC2=CC(C)(C=CC)C=C(OC3=CC=C(c4nnc(C5=CC=C(C(C)(C)CC)CC(C)(C)C5)o4)CC3)C=C(C=CC)C2)=C(C)O1. The molecule has 2 heterocycles. The molecular weight excluding hydrogens is 753 g/mol. The zero-order valence-electron chi connectivity index (χ0n) is 39.5. The second kappa shape index (κ2) is 20.8. The molecule has 3 aliphatic carbocycles. The van der Waals surface area contributed by atoms with Gasteiger partial charge in [-0.05, 0) is 140 Å². The maximum absolute atomic E-state index is 6.83. The molecule has 1 aromatic heterocycles. The van der Waals surface area contributed by atoms with E-state index in [1.807, 2.05) is 13.0 Å². The van der Waals surface area contributed by atoms with Gasteiger partial charge in [0.05, 0.1) is 0 Å². The first kappa shape index (κ1) is 47.2. The van der Waals surface area contributed by atoms with Crippen LogP contribution in [0.4, 0.5) is 0 Å². The fraction of sp³-hybridized carbons (Fsp3) is 0.491. The highest BCUT2D eigenvalue weighted by Gasteiger charge is 2.32. The molecule has 6 heteroatoms. The Balaban J connectivity index is 1.37. The molecule has 4 aliphatic rings. The van der Waals surface area contributed by atoms with Crippen molar-refractivity contribution in [3.05, 3.63) is 155 Å². The number of ether oxygens (including phenoxy) is 3. The first-order valence-electron chi connectivity index (χ1n) is 22.8. The molecule has 0 aromatic carbocycles. The quantitative estimate of drug-likeness (QED) is 0.130. The maximum atomic E-state index is 6.83. The van der Waals surface area contributed by atoms with Gasteiger partial charge in [-0.3, -0.25) is 0 Å². The Morgan fingerprint density at radius 1 is 0.885 bits per heavy atom. The van der Waals surface area contributed by atoms with Crippen LogP contribution in [0.5, 0.6) is 0 Å². The van der Waals surface area contributed by atoms with Gasteiger partial charge in [0, 0.05) is 41.4 Å². The Kier molecular flexibility index (Phi) is 16.1. The summed E-state index contributed by atoms with van der Waals surface area (Å²) in [5.41, 5.74) is 5.34. The second-order valence-corrected chi connectivity index (χ2v) is 19.1. The number of hydrogen-bond acceptors (Lipinski definition) is 6. The average molecular weight is 827 g/mol. The Morgan fingerprint density at radius 2 is 1.64 bits per heavy atom. The van der Waals surface area contributed by atoms with E-state index in [1.165, 1.54) is 5.57 Å². The van der Waals surface area contributed by atoms with Crippen molar-refractivity contribution in [3.8, 4) is 0 Å². The van der Waals surface area contributed by atoms with Crippen LogP contribution < -0.4 is 0 Å². The summed E-state index contributed by atoms with van der Waals surface area (Å²) in [7, 11) is 0. The Labute approximate surface area is 368 Å². The lowest BCUT2D eigenvalue weighted by molar-refractivity contribution is 0.00403. The molecule has 2 atom stereocenters. The molecule has 2 unspecified atom stereocenters. The molecule has 0 spiro atoms. The fourth-order valence-electron chi connectivity index (χ4n) is 8.51. The molecule has 61 heavy (non-hydrogen) atoms. The second-order valence-electron chi connectivity index (χ2n) is 19.1. The topological polar surface area (TPSA) is 66.6 Å². The predicted molar refractivity (Wildman–Crippen MR) is 254 cm³/mol. The predicted octanol–water partition coefficient (Wildman–Crippen LogP) is 16.0. The molecule has 1 aliphatic heterocycles. The molecule has 1 aromatic rings. The van der Waals surface area contributed by atoms with Crippen LogP contribution in [0, 0.1) is 16.2 Å². The molecule has 0 bridgehead atoms. The number of nitrogens with zero attached hydrogens (tertiary/aromatic N) is 2. The number of rotatable bonds is 15. The lowest BCUT2D eigenvalue weighted by atomic mass is 9.73. The molecule has 0 amide bonds. The van der Waals surface area contributed by atoms with Gasteiger partial charge in [-0.1, -0.05) is 114 Å². The van der Waals surface area contributed by atoms with E-state index in [9.17, 15) is 0 Å². The van der Waals surface area contributed by atoms with Crippen molar-refractivity contribution in [1.29, 1.82) is 0 Å². The van der Waals surface area contributed by atoms with Gasteiger partial charge in [0.15, 0.2) is 0 Å². The van der Waals surface area contributed by atoms with Crippen molar-refractivity contribution in [1.82, 2.24) is 10.2 Å². The normalized spacial score (nSPS) is 24.4. The zero-order valence-corrected chi connectivity index (χ0v) is 39.5. The third-order valence-corrected chi connectivity index (χ3v) is 12.4. The van der Waals surface area contributed by atoms with E-state index < -0.39 is 5.41 Å². The molecule has 328 valence electrons. The van der Waals surface area contributed by atoms with Crippen LogP contribution in [0.25, 0.3) is 11.1 Å². The minimum atomic E-state index is -0.455. The smallest absolute Gasteiger partial charge is 0.244 e. The van der Waals surface area contributed by atoms with E-state index in [2.05, 4.69) is 177 Å². The summed E-state index contributed by atoms with van der Waals surface area (Å²) < 4.78 is 26.6. The van der Waals surface area contributed by atoms with Gasteiger partial charge >= 0.3 is 0 Å². The summed E-state index contributed by atoms with van der Waals surface area (Å²) in [6.45, 7) is 26.4. The van der Waals surface area contributed by atoms with Crippen molar-refractivity contribution >= 4 is 11.1 Å². The number of aromatic nitrogens is 2. The van der Waals surface area contributed by atoms with E-state index in [0.29, 0.717) is 18.2 Å². The first-order valence-corrected chi connectivity index (χ1v) is 22.8. The summed E-state index contributed by atoms with van der Waals surface area (Å²) >= 11 is 0. The van der Waals surface area contributed by atoms with Crippen molar-refractivity contribution < 1.29 is 18.6 Å². The molecule has 0 radical (unpaired) electrons. The van der Waals surface area contributed by atoms with E-state index in [-0.39, 0.29) is 16.4 Å². The van der Waals surface area contributed by atoms with Crippen LogP contribution in [-0.4, -0.2) is 15.8 Å². The third kappa shape index (κ3) is 13.3. The summed E-state index contributed by atoms with van der Waals surface area (Å²) in [6.07, 6.45) is 44.5. The van der Waals surface area contributed by atoms with Gasteiger partial charge in [0.2, 0.25) is 11.8 Å². The third-order valence-electron chi connectivity index (χ3n) is 12.4. The van der Waals surface area contributed by atoms with Gasteiger partial charge in [-0.15, -0.1) is 10.2 Å². The number of hydrogen-bond donors (Lipinski definition) is 0. The van der Waals surface area contributed by atoms with Gasteiger partial charge < -0.3 is 18.6 Å². The molecule has 0 N–H and O–H groups in total. The fourth-order valence-corrected chi connectivity index (χ4v) is 8.51. The lowest BCUT2D eigenvalue weighted by Crippen LogP contribution is -2.28. The van der Waals surface area contributed by atoms with Gasteiger partial charge in [0.25, 0.3) is 0 Å². The molecule has 5 rings (SSSR count). The van der Waals surface area contributed by atoms with Crippen molar-refractivity contribution in [2.45, 2.75) is 159 Å². The van der Waals surface area contributed by atoms with Crippen molar-refractivity contribution in [2.24, 2.45) is 16.2 Å². The van der Waals surface area contributed by atoms with Crippen LogP contribution in [0.3, 0.4) is 0 Å². The number of allylic oxidation sites excluding steroid dienone is 24. The molecule has 0 saturated heterocycles. The highest BCUT2D eigenvalue weighted by Crippen LogP contribution is 2.45. The average Bonchev–Trinajstić information content (AvgIpc) is 3.62. The van der Waals surface area contributed by atoms with Crippen LogP contribution >= 0.6 is 0 Å². The van der Waals surface area contributed by atoms with Crippen LogP contribution in [-0.2, 0) is 14.2 Å². The standard InChI is InChI=1S/C55H74N2O4/c1-13-18-20-31-55(12)32-21-19-23-43(40(6)61-55)35-46(16-4)58-48-33-41(22-14-2)34-49(39-54(11,38-48)30-15-3)59-47-28-25-42(26-29-47)50-56-57-51(60-50)44-24-27-45(53(9,10)17-5)37-52(7,8)36-44/h13-15,18-19,22-25,27-28,30,34-35,38-39H,16-17,20-21,26,29,31-33,36-37H2,1-12H3. The Hall–Kier alpha value is -4.84. The van der Waals surface area contributed by atoms with E-state index in [1.54, 1.807) is 0 Å². The van der Waals surface area contributed by atoms with E-state index in [0.717, 1.165) is 115 Å². The highest BCUT2D eigenvalue weighted by atomic mass is 16.5. The van der Waals surface area contributed by atoms with Crippen molar-refractivity contribution in [2.75, 3.05) is 0 Å². The Bertz CT molecular complexity index is 2150. The van der Waals surface area contributed by atoms with Gasteiger partial charge in [0.1, 0.15) is 34.4 Å². The zero-order chi connectivity index (χ0) is 44.3. The highest BCUT2D eigenvalue weighted by molar-refractivity contribution is 5.66. The molecule has 6 nitrogen and oxygen atoms in total. The summed E-state index contributed by atoms with van der Waals surface area (Å²) in [6, 6.07) is 0. The minimum Gasteiger partial charge on any atom is -0.492 e. The van der Waals surface area contributed by atoms with Crippen LogP contribution in [0.2, 0.25) is 0 Å². The van der Waals surface area contributed by atoms with E-state index >= 15 is 0 Å². The lowest BCUT2D eigenvalue weighted by Gasteiger charge is -2.32. The van der Waals surface area contributed by atoms with Crippen molar-refractivity contribution in [3.63, 3.8) is 0 Å². The summed E-state index contributed by atoms with van der Waals surface area (Å²) in [5, 5.41) is 9.06. The van der Waals surface area contributed by atoms with Gasteiger partial charge in [-0.2, -0.15) is 0 Å². The first-order chi connectivity index (χ1) is 29.0. The maximum Gasteiger partial charge on any atom is 0.244 e. The van der Waals surface area contributed by atoms with Gasteiger partial charge in [-0.25, -0.2) is 0 Å². The van der Waals surface area contributed by atoms with Crippen LogP contribution in [0.1, 0.15) is 165 Å². The van der Waals surface area contributed by atoms with Crippen LogP contribution in [0.15, 0.2) is 147 Å². The minimum absolute atomic E-state index is 0.0951. The largest absolute Gasteiger partial charge is 0.492 e.